The molecule has 4 rings (SSSR count). The quantitative estimate of drug-likeness (QED) is 0.314. The van der Waals surface area contributed by atoms with Crippen molar-refractivity contribution in [3.63, 3.8) is 0 Å². The summed E-state index contributed by atoms with van der Waals surface area (Å²) in [4.78, 5) is 4.29. The summed E-state index contributed by atoms with van der Waals surface area (Å²) >= 11 is 0. The second-order valence-electron chi connectivity index (χ2n) is 6.94. The van der Waals surface area contributed by atoms with E-state index in [1.807, 2.05) is 34.9 Å². The SMILES string of the molecule is CN=C(NCCc1nnc2ccccn12)NCC1(c2cccc(F)c2)CC1.I. The van der Waals surface area contributed by atoms with Crippen LogP contribution in [0.2, 0.25) is 0 Å². The highest BCUT2D eigenvalue weighted by Gasteiger charge is 2.44. The maximum atomic E-state index is 13.5. The third kappa shape index (κ3) is 4.43. The van der Waals surface area contributed by atoms with Crippen molar-refractivity contribution >= 4 is 35.6 Å². The molecule has 148 valence electrons. The number of aliphatic imine (C=N–C) groups is 1. The molecule has 2 N–H and O–H groups in total. The van der Waals surface area contributed by atoms with Gasteiger partial charge in [0.2, 0.25) is 0 Å². The fourth-order valence-corrected chi connectivity index (χ4v) is 3.36. The first-order chi connectivity index (χ1) is 13.2. The van der Waals surface area contributed by atoms with Crippen LogP contribution in [0.5, 0.6) is 0 Å². The monoisotopic (exact) mass is 494 g/mol. The molecule has 28 heavy (non-hydrogen) atoms. The van der Waals surface area contributed by atoms with Crippen molar-refractivity contribution in [1.82, 2.24) is 25.2 Å². The van der Waals surface area contributed by atoms with Gasteiger partial charge in [-0.25, -0.2) is 4.39 Å². The van der Waals surface area contributed by atoms with Crippen LogP contribution in [0.15, 0.2) is 53.7 Å². The number of fused-ring (bicyclic) bond motifs is 1. The van der Waals surface area contributed by atoms with Gasteiger partial charge in [-0.2, -0.15) is 0 Å². The molecule has 0 unspecified atom stereocenters. The number of aromatic nitrogens is 3. The summed E-state index contributed by atoms with van der Waals surface area (Å²) in [7, 11) is 1.75. The Morgan fingerprint density at radius 3 is 2.79 bits per heavy atom. The van der Waals surface area contributed by atoms with Gasteiger partial charge in [0.1, 0.15) is 11.6 Å². The van der Waals surface area contributed by atoms with E-state index in [2.05, 4.69) is 25.8 Å². The smallest absolute Gasteiger partial charge is 0.191 e. The Kier molecular flexibility index (Phi) is 6.48. The van der Waals surface area contributed by atoms with Crippen LogP contribution in [0, 0.1) is 5.82 Å². The lowest BCUT2D eigenvalue weighted by molar-refractivity contribution is 0.607. The molecule has 0 aliphatic heterocycles. The number of nitrogens with zero attached hydrogens (tertiary/aromatic N) is 4. The average Bonchev–Trinajstić information content (AvgIpc) is 3.38. The average molecular weight is 494 g/mol. The number of halogens is 2. The third-order valence-corrected chi connectivity index (χ3v) is 5.13. The molecule has 0 bridgehead atoms. The van der Waals surface area contributed by atoms with E-state index in [-0.39, 0.29) is 35.2 Å². The van der Waals surface area contributed by atoms with Gasteiger partial charge in [0.05, 0.1) is 0 Å². The Hall–Kier alpha value is -2.23. The summed E-state index contributed by atoms with van der Waals surface area (Å²) in [5.41, 5.74) is 1.92. The Labute approximate surface area is 180 Å². The molecule has 8 heteroatoms. The van der Waals surface area contributed by atoms with Crippen molar-refractivity contribution in [2.24, 2.45) is 4.99 Å². The summed E-state index contributed by atoms with van der Waals surface area (Å²) in [6.45, 7) is 1.44. The van der Waals surface area contributed by atoms with Gasteiger partial charge in [-0.15, -0.1) is 34.2 Å². The molecule has 0 radical (unpaired) electrons. The van der Waals surface area contributed by atoms with Crippen molar-refractivity contribution in [2.75, 3.05) is 20.1 Å². The highest BCUT2D eigenvalue weighted by Crippen LogP contribution is 2.47. The van der Waals surface area contributed by atoms with Gasteiger partial charge >= 0.3 is 0 Å². The van der Waals surface area contributed by atoms with E-state index < -0.39 is 0 Å². The molecule has 3 aromatic rings. The van der Waals surface area contributed by atoms with E-state index >= 15 is 0 Å². The molecule has 2 heterocycles. The highest BCUT2D eigenvalue weighted by molar-refractivity contribution is 14.0. The van der Waals surface area contributed by atoms with E-state index in [1.54, 1.807) is 19.2 Å². The predicted octanol–water partition coefficient (Wildman–Crippen LogP) is 2.93. The number of guanidine groups is 1. The highest BCUT2D eigenvalue weighted by atomic mass is 127. The minimum Gasteiger partial charge on any atom is -0.356 e. The van der Waals surface area contributed by atoms with Gasteiger partial charge in [-0.05, 0) is 42.7 Å². The van der Waals surface area contributed by atoms with Gasteiger partial charge in [-0.3, -0.25) is 9.39 Å². The molecule has 0 amide bonds. The minimum absolute atomic E-state index is 0. The van der Waals surface area contributed by atoms with Crippen LogP contribution in [-0.4, -0.2) is 40.7 Å². The Bertz CT molecular complexity index is 966. The summed E-state index contributed by atoms with van der Waals surface area (Å²) in [5, 5.41) is 15.1. The molecular weight excluding hydrogens is 470 g/mol. The number of benzene rings is 1. The lowest BCUT2D eigenvalue weighted by Gasteiger charge is -2.19. The molecule has 0 saturated heterocycles. The minimum atomic E-state index is -0.179. The second kappa shape index (κ2) is 8.85. The first-order valence-corrected chi connectivity index (χ1v) is 9.19. The number of nitrogens with one attached hydrogen (secondary N) is 2. The van der Waals surface area contributed by atoms with Gasteiger partial charge in [0.15, 0.2) is 11.6 Å². The number of pyridine rings is 1. The fourth-order valence-electron chi connectivity index (χ4n) is 3.36. The fraction of sp³-hybridized carbons (Fsp3) is 0.350. The molecule has 0 spiro atoms. The third-order valence-electron chi connectivity index (χ3n) is 5.13. The zero-order valence-electron chi connectivity index (χ0n) is 15.7. The van der Waals surface area contributed by atoms with Gasteiger partial charge < -0.3 is 10.6 Å². The first-order valence-electron chi connectivity index (χ1n) is 9.19. The standard InChI is InChI=1S/C20H23FN6.HI/c1-22-19(23-11-8-18-26-25-17-7-2-3-12-27(17)18)24-14-20(9-10-20)15-5-4-6-16(21)13-15;/h2-7,12-13H,8-11,14H2,1H3,(H2,22,23,24);1H. The molecule has 6 nitrogen and oxygen atoms in total. The van der Waals surface area contributed by atoms with Crippen LogP contribution in [-0.2, 0) is 11.8 Å². The van der Waals surface area contributed by atoms with E-state index in [4.69, 9.17) is 0 Å². The molecule has 1 aromatic carbocycles. The number of hydrogen-bond acceptors (Lipinski definition) is 3. The molecule has 0 atom stereocenters. The van der Waals surface area contributed by atoms with Crippen LogP contribution < -0.4 is 10.6 Å². The topological polar surface area (TPSA) is 66.6 Å². The van der Waals surface area contributed by atoms with Crippen molar-refractivity contribution < 1.29 is 4.39 Å². The Balaban J connectivity index is 0.00000225. The van der Waals surface area contributed by atoms with E-state index in [0.717, 1.165) is 48.8 Å². The predicted molar refractivity (Wildman–Crippen MR) is 119 cm³/mol. The van der Waals surface area contributed by atoms with Crippen molar-refractivity contribution in [3.8, 4) is 0 Å². The van der Waals surface area contributed by atoms with Crippen molar-refractivity contribution in [3.05, 3.63) is 65.9 Å². The van der Waals surface area contributed by atoms with Crippen LogP contribution >= 0.6 is 24.0 Å². The van der Waals surface area contributed by atoms with Crippen LogP contribution in [0.1, 0.15) is 24.2 Å². The van der Waals surface area contributed by atoms with Gasteiger partial charge in [0, 0.05) is 38.2 Å². The van der Waals surface area contributed by atoms with Gasteiger partial charge in [-0.1, -0.05) is 18.2 Å². The van der Waals surface area contributed by atoms with Crippen molar-refractivity contribution in [1.29, 1.82) is 0 Å². The van der Waals surface area contributed by atoms with Gasteiger partial charge in [0.25, 0.3) is 0 Å². The lowest BCUT2D eigenvalue weighted by Crippen LogP contribution is -2.42. The van der Waals surface area contributed by atoms with Crippen LogP contribution in [0.3, 0.4) is 0 Å². The largest absolute Gasteiger partial charge is 0.356 e. The summed E-state index contributed by atoms with van der Waals surface area (Å²) in [6, 6.07) is 12.8. The zero-order valence-corrected chi connectivity index (χ0v) is 18.1. The van der Waals surface area contributed by atoms with Crippen LogP contribution in [0.25, 0.3) is 5.65 Å². The molecule has 1 aliphatic carbocycles. The molecule has 1 fully saturated rings. The molecule has 1 saturated carbocycles. The van der Waals surface area contributed by atoms with E-state index in [1.165, 1.54) is 6.07 Å². The Morgan fingerprint density at radius 1 is 1.18 bits per heavy atom. The first kappa shape index (κ1) is 20.5. The zero-order chi connectivity index (χ0) is 18.7. The van der Waals surface area contributed by atoms with Crippen LogP contribution in [0.4, 0.5) is 4.39 Å². The maximum absolute atomic E-state index is 13.5. The summed E-state index contributed by atoms with van der Waals surface area (Å²) < 4.78 is 15.5. The Morgan fingerprint density at radius 2 is 2.04 bits per heavy atom. The molecule has 1 aliphatic rings. The molecule has 2 aromatic heterocycles. The lowest BCUT2D eigenvalue weighted by atomic mass is 9.96. The molecular formula is C20H24FIN6. The van der Waals surface area contributed by atoms with E-state index in [9.17, 15) is 4.39 Å². The number of hydrogen-bond donors (Lipinski definition) is 2. The maximum Gasteiger partial charge on any atom is 0.191 e. The summed E-state index contributed by atoms with van der Waals surface area (Å²) in [6.07, 6.45) is 4.83. The second-order valence-corrected chi connectivity index (χ2v) is 6.94. The summed E-state index contributed by atoms with van der Waals surface area (Å²) in [5.74, 6) is 1.47. The van der Waals surface area contributed by atoms with E-state index in [0.29, 0.717) is 6.54 Å². The normalized spacial score (nSPS) is 15.1. The van der Waals surface area contributed by atoms with Crippen molar-refractivity contribution in [2.45, 2.75) is 24.7 Å². The number of rotatable bonds is 6.